The molecule has 3 aromatic rings. The lowest BCUT2D eigenvalue weighted by Gasteiger charge is -2.25. The van der Waals surface area contributed by atoms with E-state index in [1.54, 1.807) is 54.6 Å². The second-order valence-electron chi connectivity index (χ2n) is 10.1. The Labute approximate surface area is 264 Å². The fourth-order valence-electron chi connectivity index (χ4n) is 4.88. The Morgan fingerprint density at radius 2 is 1.57 bits per heavy atom. The van der Waals surface area contributed by atoms with E-state index in [-0.39, 0.29) is 35.0 Å². The number of Topliss-reactive ketones (excluding diaryl/α,β-unsaturated/α-hetero) is 2. The minimum absolute atomic E-state index is 0.106. The van der Waals surface area contributed by atoms with Gasteiger partial charge in [-0.15, -0.1) is 0 Å². The van der Waals surface area contributed by atoms with E-state index in [0.29, 0.717) is 28.8 Å². The minimum atomic E-state index is -1.65. The molecule has 2 atom stereocenters. The van der Waals surface area contributed by atoms with Gasteiger partial charge < -0.3 is 29.6 Å². The predicted molar refractivity (Wildman–Crippen MR) is 167 cm³/mol. The molecule has 0 spiro atoms. The molecule has 3 aromatic carbocycles. The maximum atomic E-state index is 14.1. The monoisotopic (exact) mass is 628 g/mol. The van der Waals surface area contributed by atoms with Crippen LogP contribution < -0.4 is 29.7 Å². The van der Waals surface area contributed by atoms with Crippen molar-refractivity contribution in [2.75, 3.05) is 32.8 Å². The number of ether oxygens (including phenoxy) is 3. The van der Waals surface area contributed by atoms with Gasteiger partial charge in [0.05, 0.1) is 38.8 Å². The van der Waals surface area contributed by atoms with Crippen LogP contribution in [-0.2, 0) is 24.0 Å². The van der Waals surface area contributed by atoms with Gasteiger partial charge in [-0.25, -0.2) is 4.99 Å². The Balaban J connectivity index is 1.74. The average Bonchev–Trinajstić information content (AvgIpc) is 3.17. The number of hydrogen-bond acceptors (Lipinski definition) is 10. The second-order valence-corrected chi connectivity index (χ2v) is 10.1. The number of benzodiazepines with no additional fused rings is 1. The number of rotatable bonds is 13. The Bertz CT molecular complexity index is 1680. The van der Waals surface area contributed by atoms with Crippen LogP contribution in [0.15, 0.2) is 71.7 Å². The number of nitrogens with zero attached hydrogens (tertiary/aromatic N) is 2. The third-order valence-corrected chi connectivity index (χ3v) is 6.98. The van der Waals surface area contributed by atoms with Gasteiger partial charge in [0.15, 0.2) is 11.5 Å². The lowest BCUT2D eigenvalue weighted by atomic mass is 10.0. The molecular formula is C33H32N4O9. The van der Waals surface area contributed by atoms with E-state index < -0.39 is 42.3 Å². The molecule has 1 aliphatic rings. The van der Waals surface area contributed by atoms with Crippen LogP contribution in [0.2, 0.25) is 0 Å². The maximum Gasteiger partial charge on any atom is 0.294 e. The number of hydrogen-bond donors (Lipinski definition) is 2. The fourth-order valence-corrected chi connectivity index (χ4v) is 4.88. The van der Waals surface area contributed by atoms with E-state index in [2.05, 4.69) is 15.6 Å². The van der Waals surface area contributed by atoms with Crippen LogP contribution in [0.25, 0.3) is 0 Å². The van der Waals surface area contributed by atoms with Crippen LogP contribution in [0.5, 0.6) is 17.2 Å². The van der Waals surface area contributed by atoms with Crippen molar-refractivity contribution in [1.82, 2.24) is 10.6 Å². The molecule has 13 heteroatoms. The number of carbonyl (C=O) groups excluding carboxylic acids is 6. The zero-order valence-corrected chi connectivity index (χ0v) is 25.6. The smallest absolute Gasteiger partial charge is 0.294 e. The van der Waals surface area contributed by atoms with Crippen molar-refractivity contribution in [2.45, 2.75) is 25.6 Å². The number of benzene rings is 3. The van der Waals surface area contributed by atoms with Crippen molar-refractivity contribution in [1.29, 1.82) is 0 Å². The summed E-state index contributed by atoms with van der Waals surface area (Å²) in [6, 6.07) is 17.1. The Kier molecular flexibility index (Phi) is 10.6. The molecular weight excluding hydrogens is 596 g/mol. The van der Waals surface area contributed by atoms with Crippen molar-refractivity contribution in [3.8, 4) is 17.2 Å². The third kappa shape index (κ3) is 7.26. The molecule has 1 aliphatic heterocycles. The van der Waals surface area contributed by atoms with Gasteiger partial charge in [0.2, 0.25) is 17.8 Å². The Morgan fingerprint density at radius 1 is 0.935 bits per heavy atom. The van der Waals surface area contributed by atoms with E-state index in [1.165, 1.54) is 40.4 Å². The van der Waals surface area contributed by atoms with Crippen LogP contribution >= 0.6 is 0 Å². The number of amides is 3. The number of methoxy groups -OCH3 is 3. The predicted octanol–water partition coefficient (Wildman–Crippen LogP) is 1.88. The van der Waals surface area contributed by atoms with E-state index in [1.807, 2.05) is 0 Å². The molecule has 1 heterocycles. The second kappa shape index (κ2) is 14.8. The zero-order valence-electron chi connectivity index (χ0n) is 25.6. The number of carbonyl (C=O) groups is 6. The highest BCUT2D eigenvalue weighted by Crippen LogP contribution is 2.38. The van der Waals surface area contributed by atoms with E-state index >= 15 is 0 Å². The topological polar surface area (TPSA) is 170 Å². The van der Waals surface area contributed by atoms with Crippen LogP contribution in [-0.4, -0.2) is 81.4 Å². The Morgan fingerprint density at radius 3 is 2.15 bits per heavy atom. The van der Waals surface area contributed by atoms with E-state index in [4.69, 9.17) is 14.2 Å². The first-order valence-electron chi connectivity index (χ1n) is 14.0. The van der Waals surface area contributed by atoms with Gasteiger partial charge in [-0.3, -0.25) is 28.9 Å². The molecule has 0 aliphatic carbocycles. The van der Waals surface area contributed by atoms with Crippen molar-refractivity contribution < 1.29 is 43.0 Å². The van der Waals surface area contributed by atoms with Crippen LogP contribution in [0.3, 0.4) is 0 Å². The van der Waals surface area contributed by atoms with E-state index in [0.717, 1.165) is 4.90 Å². The molecule has 0 saturated carbocycles. The highest BCUT2D eigenvalue weighted by atomic mass is 16.5. The highest BCUT2D eigenvalue weighted by Gasteiger charge is 2.36. The van der Waals surface area contributed by atoms with Crippen LogP contribution in [0.4, 0.5) is 5.69 Å². The molecule has 2 N–H and O–H groups in total. The molecule has 3 amide bonds. The molecule has 46 heavy (non-hydrogen) atoms. The summed E-state index contributed by atoms with van der Waals surface area (Å²) in [5, 5.41) is 4.87. The number of fused-ring (bicyclic) bond motifs is 1. The van der Waals surface area contributed by atoms with Gasteiger partial charge in [0.1, 0.15) is 18.6 Å². The van der Waals surface area contributed by atoms with Gasteiger partial charge in [0.25, 0.3) is 17.6 Å². The number of aliphatic imine (C=N–C) groups is 1. The number of aldehydes is 1. The third-order valence-electron chi connectivity index (χ3n) is 6.98. The molecule has 4 rings (SSSR count). The summed E-state index contributed by atoms with van der Waals surface area (Å²) in [7, 11) is 4.10. The maximum absolute atomic E-state index is 14.1. The standard InChI is InChI=1S/C33H32N4O9/c1-19(39)14-22(18-38)34-27(40)17-37-24-13-9-8-12-23(24)28(20-10-6-5-7-11-20)35-31(33(37)43)36-32(42)29(41)21-15-25(44-2)30(46-4)26(16-21)45-3/h5-13,15-16,18,22,31H,14,17H2,1-4H3,(H,34,40)(H,36,42)/t22-,31?/m0/s1. The quantitative estimate of drug-likeness (QED) is 0.163. The summed E-state index contributed by atoms with van der Waals surface area (Å²) in [6.45, 7) is 0.704. The van der Waals surface area contributed by atoms with Crippen LogP contribution in [0, 0.1) is 0 Å². The summed E-state index contributed by atoms with van der Waals surface area (Å²) in [5.74, 6) is -3.57. The number of para-hydroxylation sites is 1. The number of anilines is 1. The van der Waals surface area contributed by atoms with Gasteiger partial charge >= 0.3 is 0 Å². The molecule has 13 nitrogen and oxygen atoms in total. The summed E-state index contributed by atoms with van der Waals surface area (Å²) in [4.78, 5) is 82.6. The molecule has 1 unspecified atom stereocenters. The largest absolute Gasteiger partial charge is 0.493 e. The molecule has 0 saturated heterocycles. The summed E-state index contributed by atoms with van der Waals surface area (Å²) in [5.41, 5.74) is 1.59. The molecule has 0 radical (unpaired) electrons. The lowest BCUT2D eigenvalue weighted by Crippen LogP contribution is -2.52. The normalized spacial score (nSPS) is 14.5. The van der Waals surface area contributed by atoms with Gasteiger partial charge in [-0.1, -0.05) is 48.5 Å². The minimum Gasteiger partial charge on any atom is -0.493 e. The molecule has 238 valence electrons. The van der Waals surface area contributed by atoms with Gasteiger partial charge in [0, 0.05) is 23.1 Å². The first-order valence-corrected chi connectivity index (χ1v) is 14.0. The molecule has 0 fully saturated rings. The van der Waals surface area contributed by atoms with Crippen molar-refractivity contribution in [2.24, 2.45) is 4.99 Å². The number of ketones is 2. The Hall–Kier alpha value is -5.85. The van der Waals surface area contributed by atoms with Gasteiger partial charge in [-0.05, 0) is 25.1 Å². The lowest BCUT2D eigenvalue weighted by molar-refractivity contribution is -0.127. The van der Waals surface area contributed by atoms with Gasteiger partial charge in [-0.2, -0.15) is 0 Å². The fraction of sp³-hybridized carbons (Fsp3) is 0.242. The molecule has 0 bridgehead atoms. The number of nitrogens with one attached hydrogen (secondary N) is 2. The summed E-state index contributed by atoms with van der Waals surface area (Å²) >= 11 is 0. The average molecular weight is 629 g/mol. The van der Waals surface area contributed by atoms with Crippen LogP contribution in [0.1, 0.15) is 34.8 Å². The van der Waals surface area contributed by atoms with Crippen molar-refractivity contribution in [3.05, 3.63) is 83.4 Å². The van der Waals surface area contributed by atoms with Crippen molar-refractivity contribution >= 4 is 47.0 Å². The van der Waals surface area contributed by atoms with Crippen molar-refractivity contribution in [3.63, 3.8) is 0 Å². The molecule has 0 aromatic heterocycles. The first-order chi connectivity index (χ1) is 22.1. The SMILES string of the molecule is COc1cc(C(=O)C(=O)NC2N=C(c3ccccc3)c3ccccc3N(CC(=O)N[C@H](C=O)CC(C)=O)C2=O)cc(OC)c1OC. The highest BCUT2D eigenvalue weighted by molar-refractivity contribution is 6.43. The zero-order chi connectivity index (χ0) is 33.4. The van der Waals surface area contributed by atoms with E-state index in [9.17, 15) is 28.8 Å². The first kappa shape index (κ1) is 33.1. The summed E-state index contributed by atoms with van der Waals surface area (Å²) in [6.07, 6.45) is -1.43. The summed E-state index contributed by atoms with van der Waals surface area (Å²) < 4.78 is 15.9.